The van der Waals surface area contributed by atoms with Crippen LogP contribution in [0.2, 0.25) is 5.02 Å². The molecule has 2 N–H and O–H groups in total. The van der Waals surface area contributed by atoms with E-state index in [0.717, 1.165) is 12.1 Å². The van der Waals surface area contributed by atoms with E-state index in [-0.39, 0.29) is 16.5 Å². The predicted molar refractivity (Wildman–Crippen MR) is 102 cm³/mol. The fourth-order valence-corrected chi connectivity index (χ4v) is 3.52. The van der Waals surface area contributed by atoms with E-state index in [1.807, 2.05) is 18.2 Å². The molecule has 0 bridgehead atoms. The van der Waals surface area contributed by atoms with Crippen molar-refractivity contribution in [3.8, 4) is 0 Å². The van der Waals surface area contributed by atoms with Crippen LogP contribution in [0.25, 0.3) is 6.08 Å². The number of halogens is 2. The number of hydrogen-bond donors (Lipinski definition) is 2. The lowest BCUT2D eigenvalue weighted by Gasteiger charge is -2.15. The summed E-state index contributed by atoms with van der Waals surface area (Å²) in [5.74, 6) is -0.715. The van der Waals surface area contributed by atoms with Crippen molar-refractivity contribution in [3.05, 3.63) is 76.1 Å². The summed E-state index contributed by atoms with van der Waals surface area (Å²) >= 11 is 5.96. The van der Waals surface area contributed by atoms with Crippen molar-refractivity contribution >= 4 is 23.6 Å². The Kier molecular flexibility index (Phi) is 6.42. The molecule has 3 nitrogen and oxygen atoms in total. The first kappa shape index (κ1) is 18.6. The maximum Gasteiger partial charge on any atom is 0.244 e. The minimum atomic E-state index is -0.444. The highest BCUT2D eigenvalue weighted by molar-refractivity contribution is 6.32. The molecule has 0 atom stereocenters. The van der Waals surface area contributed by atoms with Crippen molar-refractivity contribution in [1.82, 2.24) is 5.32 Å². The number of amides is 1. The van der Waals surface area contributed by atoms with E-state index >= 15 is 0 Å². The van der Waals surface area contributed by atoms with E-state index in [0.29, 0.717) is 6.54 Å². The first-order valence-electron chi connectivity index (χ1n) is 8.94. The predicted octanol–water partition coefficient (Wildman–Crippen LogP) is 2.99. The first-order valence-corrected chi connectivity index (χ1v) is 9.31. The molecule has 0 radical (unpaired) electrons. The third-order valence-electron chi connectivity index (χ3n) is 4.72. The second-order valence-electron chi connectivity index (χ2n) is 6.59. The van der Waals surface area contributed by atoms with Gasteiger partial charge in [-0.05, 0) is 23.8 Å². The molecule has 136 valence electrons. The number of benzene rings is 2. The molecule has 3 rings (SSSR count). The van der Waals surface area contributed by atoms with Gasteiger partial charge in [-0.2, -0.15) is 0 Å². The van der Waals surface area contributed by atoms with Gasteiger partial charge in [-0.3, -0.25) is 4.79 Å². The topological polar surface area (TPSA) is 33.5 Å². The van der Waals surface area contributed by atoms with Crippen LogP contribution in [0.15, 0.2) is 48.5 Å². The van der Waals surface area contributed by atoms with Gasteiger partial charge >= 0.3 is 0 Å². The molecule has 0 aliphatic carbocycles. The molecule has 0 aromatic heterocycles. The first-order chi connectivity index (χ1) is 12.6. The molecule has 1 saturated heterocycles. The van der Waals surface area contributed by atoms with Gasteiger partial charge in [-0.15, -0.1) is 0 Å². The molecule has 0 saturated carbocycles. The van der Waals surface area contributed by atoms with Crippen molar-refractivity contribution in [2.24, 2.45) is 0 Å². The molecule has 1 fully saturated rings. The van der Waals surface area contributed by atoms with Gasteiger partial charge in [0.15, 0.2) is 0 Å². The van der Waals surface area contributed by atoms with E-state index < -0.39 is 5.82 Å². The molecule has 2 aromatic rings. The summed E-state index contributed by atoms with van der Waals surface area (Å²) in [6.07, 6.45) is 5.31. The number of carbonyl (C=O) groups excluding carboxylic acids is 1. The number of rotatable bonds is 6. The normalized spacial score (nSPS) is 14.8. The molecule has 1 amide bonds. The van der Waals surface area contributed by atoms with Crippen molar-refractivity contribution in [2.45, 2.75) is 25.9 Å². The fourth-order valence-electron chi connectivity index (χ4n) is 3.29. The highest BCUT2D eigenvalue weighted by Gasteiger charge is 2.17. The SMILES string of the molecule is O=C(/C=C/c1c(F)cccc1Cl)NCc1ccccc1C[NH+]1CCCC1. The van der Waals surface area contributed by atoms with Crippen LogP contribution in [-0.4, -0.2) is 19.0 Å². The Bertz CT molecular complexity index is 780. The minimum Gasteiger partial charge on any atom is -0.348 e. The second-order valence-corrected chi connectivity index (χ2v) is 7.00. The second kappa shape index (κ2) is 8.97. The highest BCUT2D eigenvalue weighted by Crippen LogP contribution is 2.20. The van der Waals surface area contributed by atoms with Crippen LogP contribution in [0, 0.1) is 5.82 Å². The van der Waals surface area contributed by atoms with Crippen molar-refractivity contribution in [3.63, 3.8) is 0 Å². The van der Waals surface area contributed by atoms with Gasteiger partial charge in [-0.1, -0.05) is 41.9 Å². The third-order valence-corrected chi connectivity index (χ3v) is 5.05. The molecular weight excluding hydrogens is 351 g/mol. The van der Waals surface area contributed by atoms with E-state index in [1.165, 1.54) is 55.8 Å². The van der Waals surface area contributed by atoms with E-state index in [2.05, 4.69) is 11.4 Å². The number of carbonyl (C=O) groups is 1. The molecule has 1 aliphatic heterocycles. The van der Waals surface area contributed by atoms with E-state index in [1.54, 1.807) is 11.0 Å². The van der Waals surface area contributed by atoms with Gasteiger partial charge in [0, 0.05) is 36.6 Å². The average molecular weight is 374 g/mol. The van der Waals surface area contributed by atoms with Crippen LogP contribution in [0.5, 0.6) is 0 Å². The summed E-state index contributed by atoms with van der Waals surface area (Å²) in [4.78, 5) is 13.7. The van der Waals surface area contributed by atoms with Crippen LogP contribution in [-0.2, 0) is 17.9 Å². The zero-order valence-electron chi connectivity index (χ0n) is 14.6. The summed E-state index contributed by atoms with van der Waals surface area (Å²) in [6.45, 7) is 3.88. The maximum absolute atomic E-state index is 13.7. The molecule has 0 spiro atoms. The summed E-state index contributed by atoms with van der Waals surface area (Å²) in [5, 5.41) is 3.16. The van der Waals surface area contributed by atoms with Crippen LogP contribution >= 0.6 is 11.6 Å². The van der Waals surface area contributed by atoms with Gasteiger partial charge in [0.2, 0.25) is 5.91 Å². The highest BCUT2D eigenvalue weighted by atomic mass is 35.5. The molecule has 5 heteroatoms. The Labute approximate surface area is 158 Å². The van der Waals surface area contributed by atoms with Crippen molar-refractivity contribution in [1.29, 1.82) is 0 Å². The summed E-state index contributed by atoms with van der Waals surface area (Å²) in [6, 6.07) is 12.6. The number of quaternary nitrogens is 1. The molecular formula is C21H23ClFN2O+. The summed E-state index contributed by atoms with van der Waals surface area (Å²) in [7, 11) is 0. The van der Waals surface area contributed by atoms with E-state index in [9.17, 15) is 9.18 Å². The van der Waals surface area contributed by atoms with Gasteiger partial charge in [0.25, 0.3) is 0 Å². The fraction of sp³-hybridized carbons (Fsp3) is 0.286. The number of hydrogen-bond acceptors (Lipinski definition) is 1. The Balaban J connectivity index is 1.60. The molecule has 0 unspecified atom stereocenters. The van der Waals surface area contributed by atoms with Gasteiger partial charge in [0.05, 0.1) is 18.1 Å². The van der Waals surface area contributed by atoms with Crippen LogP contribution in [0.3, 0.4) is 0 Å². The van der Waals surface area contributed by atoms with E-state index in [4.69, 9.17) is 11.6 Å². The quantitative estimate of drug-likeness (QED) is 0.750. The van der Waals surface area contributed by atoms with Gasteiger partial charge in [0.1, 0.15) is 12.4 Å². The Morgan fingerprint density at radius 2 is 1.85 bits per heavy atom. The van der Waals surface area contributed by atoms with Crippen molar-refractivity contribution < 1.29 is 14.1 Å². The smallest absolute Gasteiger partial charge is 0.244 e. The molecule has 1 heterocycles. The maximum atomic E-state index is 13.7. The zero-order chi connectivity index (χ0) is 18.4. The summed E-state index contributed by atoms with van der Waals surface area (Å²) in [5.41, 5.74) is 2.62. The largest absolute Gasteiger partial charge is 0.348 e. The Morgan fingerprint density at radius 3 is 2.58 bits per heavy atom. The monoisotopic (exact) mass is 373 g/mol. The Morgan fingerprint density at radius 1 is 1.12 bits per heavy atom. The van der Waals surface area contributed by atoms with Gasteiger partial charge < -0.3 is 10.2 Å². The molecule has 2 aromatic carbocycles. The molecule has 26 heavy (non-hydrogen) atoms. The minimum absolute atomic E-state index is 0.224. The van der Waals surface area contributed by atoms with Crippen LogP contribution < -0.4 is 10.2 Å². The standard InChI is InChI=1S/C21H22ClFN2O/c22-19-8-5-9-20(23)18(19)10-11-21(26)24-14-16-6-1-2-7-17(16)15-25-12-3-4-13-25/h1-2,5-11H,3-4,12-15H2,(H,24,26)/p+1/b11-10+. The van der Waals surface area contributed by atoms with Crippen LogP contribution in [0.4, 0.5) is 4.39 Å². The van der Waals surface area contributed by atoms with Gasteiger partial charge in [-0.25, -0.2) is 4.39 Å². The molecule has 1 aliphatic rings. The number of likely N-dealkylation sites (tertiary alicyclic amines) is 1. The summed E-state index contributed by atoms with van der Waals surface area (Å²) < 4.78 is 13.7. The van der Waals surface area contributed by atoms with Crippen molar-refractivity contribution in [2.75, 3.05) is 13.1 Å². The number of nitrogens with one attached hydrogen (secondary N) is 2. The Hall–Kier alpha value is -2.17. The lowest BCUT2D eigenvalue weighted by Crippen LogP contribution is -3.08. The lowest BCUT2D eigenvalue weighted by molar-refractivity contribution is -0.901. The third kappa shape index (κ3) is 4.93. The lowest BCUT2D eigenvalue weighted by atomic mass is 10.1. The average Bonchev–Trinajstić information content (AvgIpc) is 3.13. The van der Waals surface area contributed by atoms with Crippen LogP contribution in [0.1, 0.15) is 29.5 Å². The zero-order valence-corrected chi connectivity index (χ0v) is 15.4.